The van der Waals surface area contributed by atoms with Gasteiger partial charge in [-0.2, -0.15) is 0 Å². The number of carbonyl (C=O) groups is 1. The van der Waals surface area contributed by atoms with Crippen LogP contribution in [-0.4, -0.2) is 5.97 Å². The molecule has 1 rings (SSSR count). The molecule has 82 valence electrons. The summed E-state index contributed by atoms with van der Waals surface area (Å²) in [7, 11) is 0. The van der Waals surface area contributed by atoms with E-state index in [0.717, 1.165) is 18.8 Å². The molecular weight excluding hydrogens is 176 g/mol. The third-order valence-corrected chi connectivity index (χ3v) is 3.53. The molecule has 0 aromatic carbocycles. The van der Waals surface area contributed by atoms with Crippen LogP contribution in [0.4, 0.5) is 0 Å². The topological polar surface area (TPSA) is 40.1 Å². The van der Waals surface area contributed by atoms with E-state index < -0.39 is 5.97 Å². The molecular formula is C12H21O2-. The highest BCUT2D eigenvalue weighted by Gasteiger charge is 2.29. The van der Waals surface area contributed by atoms with Crippen molar-refractivity contribution >= 4 is 5.97 Å². The van der Waals surface area contributed by atoms with E-state index in [1.165, 1.54) is 12.8 Å². The summed E-state index contributed by atoms with van der Waals surface area (Å²) in [6, 6.07) is 0. The number of carboxylic acid groups (broad SMARTS) is 1. The van der Waals surface area contributed by atoms with Gasteiger partial charge in [-0.05, 0) is 49.4 Å². The van der Waals surface area contributed by atoms with E-state index in [0.29, 0.717) is 11.3 Å². The van der Waals surface area contributed by atoms with Gasteiger partial charge in [0, 0.05) is 5.97 Å². The van der Waals surface area contributed by atoms with Crippen LogP contribution in [0.25, 0.3) is 0 Å². The summed E-state index contributed by atoms with van der Waals surface area (Å²) >= 11 is 0. The molecule has 0 aliphatic heterocycles. The zero-order valence-corrected chi connectivity index (χ0v) is 9.51. The Balaban J connectivity index is 2.35. The van der Waals surface area contributed by atoms with Gasteiger partial charge in [-0.3, -0.25) is 0 Å². The molecule has 0 radical (unpaired) electrons. The predicted molar refractivity (Wildman–Crippen MR) is 54.5 cm³/mol. The van der Waals surface area contributed by atoms with E-state index in [-0.39, 0.29) is 6.42 Å². The Kier molecular flexibility index (Phi) is 3.57. The SMILES string of the molecule is CC(C)(C)C1CCC(CC(=O)[O-])CC1. The second kappa shape index (κ2) is 4.33. The Morgan fingerprint density at radius 1 is 1.21 bits per heavy atom. The number of carboxylic acids is 1. The maximum atomic E-state index is 10.4. The van der Waals surface area contributed by atoms with Gasteiger partial charge in [0.25, 0.3) is 0 Å². The highest BCUT2D eigenvalue weighted by molar-refractivity contribution is 5.64. The second-order valence-corrected chi connectivity index (χ2v) is 5.66. The van der Waals surface area contributed by atoms with E-state index in [1.54, 1.807) is 0 Å². The van der Waals surface area contributed by atoms with Gasteiger partial charge >= 0.3 is 0 Å². The zero-order valence-electron chi connectivity index (χ0n) is 9.51. The number of hydrogen-bond acceptors (Lipinski definition) is 2. The lowest BCUT2D eigenvalue weighted by atomic mass is 9.69. The fourth-order valence-corrected chi connectivity index (χ4v) is 2.47. The van der Waals surface area contributed by atoms with Crippen LogP contribution in [0.2, 0.25) is 0 Å². The number of hydrogen-bond donors (Lipinski definition) is 0. The highest BCUT2D eigenvalue weighted by Crippen LogP contribution is 2.40. The predicted octanol–water partition coefficient (Wildman–Crippen LogP) is 1.98. The van der Waals surface area contributed by atoms with Crippen LogP contribution < -0.4 is 5.11 Å². The summed E-state index contributed by atoms with van der Waals surface area (Å²) < 4.78 is 0. The minimum atomic E-state index is -0.885. The molecule has 1 saturated carbocycles. The summed E-state index contributed by atoms with van der Waals surface area (Å²) in [6.07, 6.45) is 4.76. The highest BCUT2D eigenvalue weighted by atomic mass is 16.4. The van der Waals surface area contributed by atoms with Crippen molar-refractivity contribution in [2.24, 2.45) is 17.3 Å². The molecule has 2 nitrogen and oxygen atoms in total. The first-order chi connectivity index (χ1) is 6.39. The Morgan fingerprint density at radius 2 is 1.71 bits per heavy atom. The van der Waals surface area contributed by atoms with E-state index in [1.807, 2.05) is 0 Å². The standard InChI is InChI=1S/C12H22O2/c1-12(2,3)10-6-4-9(5-7-10)8-11(13)14/h9-10H,4-8H2,1-3H3,(H,13,14)/p-1. The summed E-state index contributed by atoms with van der Waals surface area (Å²) in [5.74, 6) is 0.253. The van der Waals surface area contributed by atoms with Crippen molar-refractivity contribution < 1.29 is 9.90 Å². The molecule has 0 atom stereocenters. The quantitative estimate of drug-likeness (QED) is 0.679. The molecule has 2 heteroatoms. The third-order valence-electron chi connectivity index (χ3n) is 3.53. The van der Waals surface area contributed by atoms with Crippen LogP contribution in [0.1, 0.15) is 52.9 Å². The zero-order chi connectivity index (χ0) is 10.8. The van der Waals surface area contributed by atoms with Crippen molar-refractivity contribution in [2.75, 3.05) is 0 Å². The van der Waals surface area contributed by atoms with E-state index in [9.17, 15) is 9.90 Å². The van der Waals surface area contributed by atoms with Crippen molar-refractivity contribution in [1.29, 1.82) is 0 Å². The van der Waals surface area contributed by atoms with Crippen molar-refractivity contribution in [3.63, 3.8) is 0 Å². The molecule has 14 heavy (non-hydrogen) atoms. The Labute approximate surface area is 86.7 Å². The molecule has 1 aliphatic carbocycles. The molecule has 1 aliphatic rings. The van der Waals surface area contributed by atoms with E-state index >= 15 is 0 Å². The first-order valence-electron chi connectivity index (χ1n) is 5.59. The first-order valence-corrected chi connectivity index (χ1v) is 5.59. The van der Waals surface area contributed by atoms with E-state index in [2.05, 4.69) is 20.8 Å². The minimum absolute atomic E-state index is 0.261. The van der Waals surface area contributed by atoms with Gasteiger partial charge in [0.1, 0.15) is 0 Å². The van der Waals surface area contributed by atoms with Gasteiger partial charge in [-0.25, -0.2) is 0 Å². The fraction of sp³-hybridized carbons (Fsp3) is 0.917. The minimum Gasteiger partial charge on any atom is -0.550 e. The van der Waals surface area contributed by atoms with Crippen LogP contribution in [0.3, 0.4) is 0 Å². The molecule has 0 spiro atoms. The summed E-state index contributed by atoms with van der Waals surface area (Å²) in [5, 5.41) is 10.4. The van der Waals surface area contributed by atoms with Crippen molar-refractivity contribution in [3.05, 3.63) is 0 Å². The first kappa shape index (κ1) is 11.5. The largest absolute Gasteiger partial charge is 0.550 e. The average molecular weight is 197 g/mol. The normalized spacial score (nSPS) is 28.8. The monoisotopic (exact) mass is 197 g/mol. The van der Waals surface area contributed by atoms with Gasteiger partial charge in [-0.15, -0.1) is 0 Å². The maximum Gasteiger partial charge on any atom is 0.0417 e. The van der Waals surface area contributed by atoms with Gasteiger partial charge in [0.05, 0.1) is 0 Å². The van der Waals surface area contributed by atoms with Gasteiger partial charge in [0.2, 0.25) is 0 Å². The van der Waals surface area contributed by atoms with Crippen molar-refractivity contribution in [3.8, 4) is 0 Å². The number of aliphatic carboxylic acids is 1. The fourth-order valence-electron chi connectivity index (χ4n) is 2.47. The lowest BCUT2D eigenvalue weighted by molar-refractivity contribution is -0.307. The maximum absolute atomic E-state index is 10.4. The van der Waals surface area contributed by atoms with Crippen LogP contribution in [-0.2, 0) is 4.79 Å². The van der Waals surface area contributed by atoms with Gasteiger partial charge in [-0.1, -0.05) is 20.8 Å². The summed E-state index contributed by atoms with van der Waals surface area (Å²) in [6.45, 7) is 6.82. The Hall–Kier alpha value is -0.530. The smallest absolute Gasteiger partial charge is 0.0417 e. The Bertz CT molecular complexity index is 195. The summed E-state index contributed by atoms with van der Waals surface area (Å²) in [5.41, 5.74) is 0.381. The number of carbonyl (C=O) groups excluding carboxylic acids is 1. The molecule has 0 N–H and O–H groups in total. The van der Waals surface area contributed by atoms with Crippen LogP contribution >= 0.6 is 0 Å². The lowest BCUT2D eigenvalue weighted by Crippen LogP contribution is -2.30. The van der Waals surface area contributed by atoms with Crippen molar-refractivity contribution in [1.82, 2.24) is 0 Å². The Morgan fingerprint density at radius 3 is 2.07 bits per heavy atom. The molecule has 0 bridgehead atoms. The molecule has 1 fully saturated rings. The lowest BCUT2D eigenvalue weighted by Gasteiger charge is -2.37. The molecule has 0 heterocycles. The average Bonchev–Trinajstić information content (AvgIpc) is 2.02. The molecule has 0 aromatic heterocycles. The number of rotatable bonds is 2. The third kappa shape index (κ3) is 3.32. The summed E-state index contributed by atoms with van der Waals surface area (Å²) in [4.78, 5) is 10.4. The van der Waals surface area contributed by atoms with E-state index in [4.69, 9.17) is 0 Å². The van der Waals surface area contributed by atoms with Crippen LogP contribution in [0.15, 0.2) is 0 Å². The molecule has 0 aromatic rings. The van der Waals surface area contributed by atoms with Gasteiger partial charge < -0.3 is 9.90 Å². The van der Waals surface area contributed by atoms with Crippen molar-refractivity contribution in [2.45, 2.75) is 52.9 Å². The molecule has 0 saturated heterocycles. The van der Waals surface area contributed by atoms with Crippen LogP contribution in [0, 0.1) is 17.3 Å². The second-order valence-electron chi connectivity index (χ2n) is 5.66. The van der Waals surface area contributed by atoms with Crippen LogP contribution in [0.5, 0.6) is 0 Å². The van der Waals surface area contributed by atoms with Gasteiger partial charge in [0.15, 0.2) is 0 Å². The molecule has 0 amide bonds. The molecule has 0 unspecified atom stereocenters.